The predicted octanol–water partition coefficient (Wildman–Crippen LogP) is 5.25. The fourth-order valence-corrected chi connectivity index (χ4v) is 11.3. The second-order valence-corrected chi connectivity index (χ2v) is 21.7. The summed E-state index contributed by atoms with van der Waals surface area (Å²) in [6, 6.07) is 28.4. The van der Waals surface area contributed by atoms with Gasteiger partial charge in [0.25, 0.3) is 5.91 Å². The lowest BCUT2D eigenvalue weighted by Crippen LogP contribution is -2.56. The molecule has 0 aliphatic carbocycles. The van der Waals surface area contributed by atoms with Gasteiger partial charge in [0.05, 0.1) is 75.2 Å². The zero-order chi connectivity index (χ0) is 58.7. The van der Waals surface area contributed by atoms with E-state index in [2.05, 4.69) is 89.7 Å². The molecule has 0 radical (unpaired) electrons. The van der Waals surface area contributed by atoms with Crippen molar-refractivity contribution in [3.8, 4) is 57.9 Å². The zero-order valence-corrected chi connectivity index (χ0v) is 48.2. The molecule has 1 atom stereocenters. The Bertz CT molecular complexity index is 3340. The lowest BCUT2D eigenvalue weighted by atomic mass is 10.1. The van der Waals surface area contributed by atoms with Crippen molar-refractivity contribution < 1.29 is 38.3 Å². The molecule has 444 valence electrons. The van der Waals surface area contributed by atoms with Crippen LogP contribution in [0.2, 0.25) is 0 Å². The minimum absolute atomic E-state index is 0.114. The number of carbonyl (C=O) groups is 1. The molecule has 4 aromatic carbocycles. The summed E-state index contributed by atoms with van der Waals surface area (Å²) in [5.74, 6) is 4.01. The monoisotopic (exact) mass is 1160 g/mol. The Balaban J connectivity index is 0.000000178. The molecule has 2 aromatic heterocycles. The summed E-state index contributed by atoms with van der Waals surface area (Å²) >= 11 is 0. The standard InChI is InChI=1S/C32H38N8O5.C29H34N8O3/c1-21(41)31(42)40-9-7-26(8-10-40)45-28-6-3-22(15-23(28)17-33)30-34-20-35-32(37-30)36-24-4-5-27(29(16-24)43-2)39-13-11-38(12-14-39)25-18-44-19-25;1-38-27-15-22(3-4-25(27)37-12-10-36(11-13-37)23-17-39-18-23)34-29-33-19-32-28(35-29)20-2-5-26(21(14-20)16-30)40-24-6-8-31-9-7-24/h3-6,15-16,20-21,25-26,41H,7-14,18-19H2,1-2H3,(H,34,35,36,37);2-5,14-15,19,23-24,31H,6-13,17-18H2,1H3,(H,32,33,34,35)/t21-;/m0./s1. The average Bonchev–Trinajstić information content (AvgIpc) is 3.45. The number of piperidine rings is 2. The number of methoxy groups -OCH3 is 2. The van der Waals surface area contributed by atoms with E-state index in [1.165, 1.54) is 19.6 Å². The van der Waals surface area contributed by atoms with Gasteiger partial charge in [-0.15, -0.1) is 0 Å². The summed E-state index contributed by atoms with van der Waals surface area (Å²) in [5, 5.41) is 39.0. The number of nitrogens with zero attached hydrogens (tertiary/aromatic N) is 13. The number of likely N-dealkylation sites (tertiary alicyclic amines) is 1. The van der Waals surface area contributed by atoms with Crippen LogP contribution in [0.4, 0.5) is 34.6 Å². The third-order valence-corrected chi connectivity index (χ3v) is 16.3. The Morgan fingerprint density at radius 2 is 1.05 bits per heavy atom. The van der Waals surface area contributed by atoms with Crippen molar-refractivity contribution in [1.82, 2.24) is 49.9 Å². The fraction of sp³-hybridized carbons (Fsp3) is 0.459. The van der Waals surface area contributed by atoms with E-state index in [4.69, 9.17) is 28.4 Å². The molecule has 24 nitrogen and oxygen atoms in total. The number of aromatic nitrogens is 6. The number of piperazine rings is 2. The van der Waals surface area contributed by atoms with Crippen molar-refractivity contribution in [3.05, 3.63) is 96.6 Å². The van der Waals surface area contributed by atoms with Crippen LogP contribution in [0.1, 0.15) is 43.7 Å². The highest BCUT2D eigenvalue weighted by Gasteiger charge is 2.32. The van der Waals surface area contributed by atoms with Crippen LogP contribution < -0.4 is 44.7 Å². The Kier molecular flexibility index (Phi) is 18.8. The van der Waals surface area contributed by atoms with Crippen molar-refractivity contribution in [2.45, 2.75) is 63.0 Å². The molecular formula is C61H72N16O8. The van der Waals surface area contributed by atoms with Gasteiger partial charge in [-0.25, -0.2) is 19.9 Å². The van der Waals surface area contributed by atoms with Crippen LogP contribution in [-0.2, 0) is 14.3 Å². The summed E-state index contributed by atoms with van der Waals surface area (Å²) in [6.07, 6.45) is 4.95. The van der Waals surface area contributed by atoms with E-state index in [-0.39, 0.29) is 18.1 Å². The summed E-state index contributed by atoms with van der Waals surface area (Å²) in [5.41, 5.74) is 5.92. The molecule has 4 N–H and O–H groups in total. The van der Waals surface area contributed by atoms with Gasteiger partial charge in [0, 0.05) is 113 Å². The molecule has 6 aliphatic heterocycles. The van der Waals surface area contributed by atoms with E-state index in [9.17, 15) is 20.4 Å². The van der Waals surface area contributed by atoms with E-state index in [1.54, 1.807) is 37.3 Å². The van der Waals surface area contributed by atoms with E-state index in [0.717, 1.165) is 145 Å². The molecule has 8 heterocycles. The number of nitrogens with one attached hydrogen (secondary N) is 3. The molecule has 6 saturated heterocycles. The summed E-state index contributed by atoms with van der Waals surface area (Å²) in [7, 11) is 3.37. The number of carbonyl (C=O) groups excluding carboxylic acids is 1. The smallest absolute Gasteiger partial charge is 0.251 e. The van der Waals surface area contributed by atoms with Crippen LogP contribution in [0.15, 0.2) is 85.5 Å². The molecule has 12 rings (SSSR count). The molecule has 6 aromatic rings. The van der Waals surface area contributed by atoms with Gasteiger partial charge >= 0.3 is 0 Å². The van der Waals surface area contributed by atoms with Gasteiger partial charge in [-0.05, 0) is 93.5 Å². The van der Waals surface area contributed by atoms with Gasteiger partial charge in [-0.3, -0.25) is 14.6 Å². The quantitative estimate of drug-likeness (QED) is 0.0908. The first-order chi connectivity index (χ1) is 41.6. The van der Waals surface area contributed by atoms with Crippen molar-refractivity contribution in [2.24, 2.45) is 0 Å². The maximum atomic E-state index is 12.1. The number of benzene rings is 4. The van der Waals surface area contributed by atoms with Crippen LogP contribution in [0.3, 0.4) is 0 Å². The first kappa shape index (κ1) is 58.3. The first-order valence-electron chi connectivity index (χ1n) is 29.1. The second kappa shape index (κ2) is 27.5. The third kappa shape index (κ3) is 14.2. The van der Waals surface area contributed by atoms with Crippen LogP contribution in [-0.4, -0.2) is 205 Å². The molecule has 0 saturated carbocycles. The van der Waals surface area contributed by atoms with Crippen LogP contribution in [0.5, 0.6) is 23.0 Å². The van der Waals surface area contributed by atoms with Gasteiger partial charge in [0.15, 0.2) is 11.6 Å². The Morgan fingerprint density at radius 1 is 0.600 bits per heavy atom. The Morgan fingerprint density at radius 3 is 1.45 bits per heavy atom. The number of hydrogen-bond acceptors (Lipinski definition) is 23. The summed E-state index contributed by atoms with van der Waals surface area (Å²) < 4.78 is 34.5. The molecule has 85 heavy (non-hydrogen) atoms. The fourth-order valence-electron chi connectivity index (χ4n) is 11.3. The average molecular weight is 1160 g/mol. The minimum Gasteiger partial charge on any atom is -0.495 e. The van der Waals surface area contributed by atoms with Crippen LogP contribution in [0.25, 0.3) is 22.8 Å². The number of anilines is 6. The Hall–Kier alpha value is -8.49. The first-order valence-corrected chi connectivity index (χ1v) is 29.1. The SMILES string of the molecule is COc1cc(Nc2ncnc(-c3ccc(OC4CCN(C(=O)[C@H](C)O)CC4)c(C#N)c3)n2)ccc1N1CCN(C2COC2)CC1.COc1cc(Nc2ncnc(-c3ccc(OC4CCNCC4)c(C#N)c3)n2)ccc1N1CCN(C2COC2)CC1. The van der Waals surface area contributed by atoms with Crippen molar-refractivity contribution in [3.63, 3.8) is 0 Å². The van der Waals surface area contributed by atoms with Crippen molar-refractivity contribution >= 4 is 40.6 Å². The number of aliphatic hydroxyl groups is 1. The maximum Gasteiger partial charge on any atom is 0.251 e. The predicted molar refractivity (Wildman–Crippen MR) is 318 cm³/mol. The van der Waals surface area contributed by atoms with Gasteiger partial charge in [-0.1, -0.05) is 0 Å². The van der Waals surface area contributed by atoms with E-state index in [0.29, 0.717) is 89.7 Å². The lowest BCUT2D eigenvalue weighted by molar-refractivity contribution is -0.141. The van der Waals surface area contributed by atoms with Crippen LogP contribution in [0, 0.1) is 22.7 Å². The molecule has 24 heteroatoms. The molecular weight excluding hydrogens is 1080 g/mol. The normalized spacial score (nSPS) is 18.5. The highest BCUT2D eigenvalue weighted by atomic mass is 16.5. The van der Waals surface area contributed by atoms with Gasteiger partial charge in [0.2, 0.25) is 11.9 Å². The second-order valence-electron chi connectivity index (χ2n) is 21.7. The van der Waals surface area contributed by atoms with Crippen molar-refractivity contribution in [1.29, 1.82) is 10.5 Å². The number of aliphatic hydroxyl groups excluding tert-OH is 1. The Labute approximate surface area is 494 Å². The van der Waals surface area contributed by atoms with E-state index in [1.807, 2.05) is 42.5 Å². The number of hydrogen-bond donors (Lipinski definition) is 4. The van der Waals surface area contributed by atoms with Gasteiger partial charge < -0.3 is 64.2 Å². The summed E-state index contributed by atoms with van der Waals surface area (Å²) in [6.45, 7) is 15.5. The molecule has 6 fully saturated rings. The van der Waals surface area contributed by atoms with Crippen molar-refractivity contribution in [2.75, 3.05) is 140 Å². The molecule has 6 aliphatic rings. The number of rotatable bonds is 17. The molecule has 0 bridgehead atoms. The largest absolute Gasteiger partial charge is 0.495 e. The maximum absolute atomic E-state index is 12.1. The molecule has 0 spiro atoms. The highest BCUT2D eigenvalue weighted by molar-refractivity contribution is 5.80. The lowest BCUT2D eigenvalue weighted by Gasteiger charge is -2.43. The van der Waals surface area contributed by atoms with Gasteiger partial charge in [-0.2, -0.15) is 20.5 Å². The summed E-state index contributed by atoms with van der Waals surface area (Å²) in [4.78, 5) is 49.9. The third-order valence-electron chi connectivity index (χ3n) is 16.3. The topological polar surface area (TPSA) is 270 Å². The molecule has 1 amide bonds. The van der Waals surface area contributed by atoms with Crippen LogP contribution >= 0.6 is 0 Å². The van der Waals surface area contributed by atoms with E-state index >= 15 is 0 Å². The van der Waals surface area contributed by atoms with Gasteiger partial charge in [0.1, 0.15) is 66.1 Å². The minimum atomic E-state index is -1.01. The highest BCUT2D eigenvalue weighted by Crippen LogP contribution is 2.36. The zero-order valence-electron chi connectivity index (χ0n) is 48.2. The number of nitriles is 2. The number of ether oxygens (including phenoxy) is 6. The van der Waals surface area contributed by atoms with E-state index < -0.39 is 6.10 Å². The molecule has 0 unspecified atom stereocenters. The number of amides is 1.